The first kappa shape index (κ1) is 26.1. The van der Waals surface area contributed by atoms with Crippen LogP contribution in [0.5, 0.6) is 11.5 Å². The normalized spacial score (nSPS) is 12.9. The second-order valence-corrected chi connectivity index (χ2v) is 7.67. The van der Waals surface area contributed by atoms with Gasteiger partial charge in [-0.15, -0.1) is 0 Å². The number of hydrogen-bond donors (Lipinski definition) is 0. The van der Waals surface area contributed by atoms with Crippen LogP contribution < -0.4 is 4.74 Å². The average molecular weight is 530 g/mol. The van der Waals surface area contributed by atoms with Crippen molar-refractivity contribution in [3.8, 4) is 11.5 Å². The number of ether oxygens (including phenoxy) is 1. The van der Waals surface area contributed by atoms with E-state index in [0.29, 0.717) is 0 Å². The maximum atomic E-state index is 15.3. The first-order valence-corrected chi connectivity index (χ1v) is 10.3. The Balaban J connectivity index is 1.92. The Morgan fingerprint density at radius 1 is 0.459 bits per heavy atom. The van der Waals surface area contributed by atoms with Crippen molar-refractivity contribution < 1.29 is 48.6 Å². The molecular weight excluding hydrogens is 518 g/mol. The van der Waals surface area contributed by atoms with Crippen LogP contribution in [0.4, 0.5) is 43.9 Å². The standard InChI is InChI=1S/C26H12F10O/c27-13-7-3-1-5-11(13)21(31)19-17(9-15(29)23(33)25(19)35)37-18-10-16(30)24(34)26(36)20(18)22(32)12-6-2-4-8-14(12)28/h1-10,21-22H. The molecule has 37 heavy (non-hydrogen) atoms. The van der Waals surface area contributed by atoms with Gasteiger partial charge < -0.3 is 4.74 Å². The van der Waals surface area contributed by atoms with Gasteiger partial charge in [-0.1, -0.05) is 36.4 Å². The Labute approximate surface area is 202 Å². The number of rotatable bonds is 6. The molecule has 0 bridgehead atoms. The molecule has 0 amide bonds. The van der Waals surface area contributed by atoms with E-state index in [1.165, 1.54) is 0 Å². The van der Waals surface area contributed by atoms with E-state index < -0.39 is 92.6 Å². The summed E-state index contributed by atoms with van der Waals surface area (Å²) >= 11 is 0. The Morgan fingerprint density at radius 3 is 1.16 bits per heavy atom. The summed E-state index contributed by atoms with van der Waals surface area (Å²) in [4.78, 5) is 0. The van der Waals surface area contributed by atoms with Gasteiger partial charge in [-0.05, 0) is 12.1 Å². The zero-order valence-corrected chi connectivity index (χ0v) is 18.1. The van der Waals surface area contributed by atoms with Crippen LogP contribution in [0.25, 0.3) is 0 Å². The highest BCUT2D eigenvalue weighted by atomic mass is 19.2. The van der Waals surface area contributed by atoms with Crippen molar-refractivity contribution in [2.24, 2.45) is 0 Å². The van der Waals surface area contributed by atoms with Crippen molar-refractivity contribution in [1.82, 2.24) is 0 Å². The van der Waals surface area contributed by atoms with Crippen LogP contribution >= 0.6 is 0 Å². The van der Waals surface area contributed by atoms with Crippen LogP contribution in [-0.2, 0) is 0 Å². The van der Waals surface area contributed by atoms with E-state index in [1.807, 2.05) is 0 Å². The van der Waals surface area contributed by atoms with Crippen LogP contribution in [0, 0.1) is 46.5 Å². The van der Waals surface area contributed by atoms with Crippen molar-refractivity contribution in [1.29, 1.82) is 0 Å². The van der Waals surface area contributed by atoms with Gasteiger partial charge in [-0.2, -0.15) is 0 Å². The van der Waals surface area contributed by atoms with E-state index in [9.17, 15) is 35.1 Å². The average Bonchev–Trinajstić information content (AvgIpc) is 2.86. The van der Waals surface area contributed by atoms with E-state index in [4.69, 9.17) is 4.74 Å². The monoisotopic (exact) mass is 530 g/mol. The molecule has 4 rings (SSSR count). The molecule has 0 saturated heterocycles. The molecule has 0 spiro atoms. The molecule has 0 aliphatic carbocycles. The summed E-state index contributed by atoms with van der Waals surface area (Å²) in [6.07, 6.45) is -5.70. The van der Waals surface area contributed by atoms with Crippen molar-refractivity contribution in [2.45, 2.75) is 12.3 Å². The smallest absolute Gasteiger partial charge is 0.195 e. The van der Waals surface area contributed by atoms with E-state index in [-0.39, 0.29) is 12.1 Å². The van der Waals surface area contributed by atoms with Gasteiger partial charge in [0, 0.05) is 23.3 Å². The van der Waals surface area contributed by atoms with Gasteiger partial charge >= 0.3 is 0 Å². The quantitative estimate of drug-likeness (QED) is 0.179. The maximum Gasteiger partial charge on any atom is 0.195 e. The van der Waals surface area contributed by atoms with Crippen LogP contribution in [0.3, 0.4) is 0 Å². The summed E-state index contributed by atoms with van der Waals surface area (Å²) in [7, 11) is 0. The lowest BCUT2D eigenvalue weighted by molar-refractivity contribution is 0.326. The third-order valence-corrected chi connectivity index (χ3v) is 5.41. The second kappa shape index (κ2) is 10.2. The topological polar surface area (TPSA) is 9.23 Å². The summed E-state index contributed by atoms with van der Waals surface area (Å²) in [5.74, 6) is -17.6. The molecule has 0 heterocycles. The molecule has 4 aromatic carbocycles. The SMILES string of the molecule is Fc1ccccc1C(F)c1c(Oc2cc(F)c(F)c(F)c2C(F)c2ccccc2F)cc(F)c(F)c1F. The van der Waals surface area contributed by atoms with E-state index in [0.717, 1.165) is 48.5 Å². The van der Waals surface area contributed by atoms with Gasteiger partial charge in [0.15, 0.2) is 47.2 Å². The maximum absolute atomic E-state index is 15.3. The molecule has 0 saturated carbocycles. The molecule has 11 heteroatoms. The van der Waals surface area contributed by atoms with Crippen molar-refractivity contribution >= 4 is 0 Å². The lowest BCUT2D eigenvalue weighted by atomic mass is 9.99. The van der Waals surface area contributed by atoms with Gasteiger partial charge in [-0.3, -0.25) is 0 Å². The Morgan fingerprint density at radius 2 is 0.811 bits per heavy atom. The molecule has 4 aromatic rings. The Hall–Kier alpha value is -4.02. The van der Waals surface area contributed by atoms with Crippen molar-refractivity contribution in [3.05, 3.63) is 129 Å². The van der Waals surface area contributed by atoms with Crippen molar-refractivity contribution in [3.63, 3.8) is 0 Å². The number of benzene rings is 4. The largest absolute Gasteiger partial charge is 0.456 e. The molecule has 0 N–H and O–H groups in total. The third kappa shape index (κ3) is 4.73. The highest BCUT2D eigenvalue weighted by Crippen LogP contribution is 2.44. The first-order valence-electron chi connectivity index (χ1n) is 10.3. The molecular formula is C26H12F10O. The zero-order valence-electron chi connectivity index (χ0n) is 18.1. The van der Waals surface area contributed by atoms with Crippen LogP contribution in [0.15, 0.2) is 60.7 Å². The zero-order chi connectivity index (χ0) is 27.0. The molecule has 2 atom stereocenters. The molecule has 0 fully saturated rings. The molecule has 0 aromatic heterocycles. The predicted octanol–water partition coefficient (Wildman–Crippen LogP) is 8.71. The fraction of sp³-hybridized carbons (Fsp3) is 0.0769. The van der Waals surface area contributed by atoms with Crippen LogP contribution in [0.1, 0.15) is 34.6 Å². The second-order valence-electron chi connectivity index (χ2n) is 7.67. The van der Waals surface area contributed by atoms with Gasteiger partial charge in [-0.25, -0.2) is 43.9 Å². The van der Waals surface area contributed by atoms with Crippen LogP contribution in [-0.4, -0.2) is 0 Å². The van der Waals surface area contributed by atoms with Crippen LogP contribution in [0.2, 0.25) is 0 Å². The fourth-order valence-corrected chi connectivity index (χ4v) is 3.61. The molecule has 0 aliphatic heterocycles. The predicted molar refractivity (Wildman–Crippen MR) is 111 cm³/mol. The summed E-state index contributed by atoms with van der Waals surface area (Å²) in [6, 6.07) is 8.02. The molecule has 192 valence electrons. The van der Waals surface area contributed by atoms with Gasteiger partial charge in [0.2, 0.25) is 0 Å². The summed E-state index contributed by atoms with van der Waals surface area (Å²) in [5, 5.41) is 0. The molecule has 0 radical (unpaired) electrons. The lowest BCUT2D eigenvalue weighted by Crippen LogP contribution is -2.10. The minimum absolute atomic E-state index is 0.0699. The number of halogens is 10. The van der Waals surface area contributed by atoms with Gasteiger partial charge in [0.05, 0.1) is 11.1 Å². The minimum atomic E-state index is -2.85. The highest BCUT2D eigenvalue weighted by Gasteiger charge is 2.33. The summed E-state index contributed by atoms with van der Waals surface area (Å²) in [6.45, 7) is 0. The third-order valence-electron chi connectivity index (χ3n) is 5.41. The Kier molecular flexibility index (Phi) is 7.15. The van der Waals surface area contributed by atoms with E-state index >= 15 is 8.78 Å². The fourth-order valence-electron chi connectivity index (χ4n) is 3.61. The van der Waals surface area contributed by atoms with Gasteiger partial charge in [0.1, 0.15) is 23.1 Å². The highest BCUT2D eigenvalue weighted by molar-refractivity contribution is 5.49. The van der Waals surface area contributed by atoms with Gasteiger partial charge in [0.25, 0.3) is 0 Å². The molecule has 0 aliphatic rings. The first-order chi connectivity index (χ1) is 17.5. The minimum Gasteiger partial charge on any atom is -0.456 e. The summed E-state index contributed by atoms with van der Waals surface area (Å²) < 4.78 is 149. The number of alkyl halides is 2. The molecule has 1 nitrogen and oxygen atoms in total. The Bertz CT molecular complexity index is 1380. The van der Waals surface area contributed by atoms with E-state index in [1.54, 1.807) is 0 Å². The van der Waals surface area contributed by atoms with E-state index in [2.05, 4.69) is 0 Å². The molecule has 2 unspecified atom stereocenters. The summed E-state index contributed by atoms with van der Waals surface area (Å²) in [5.41, 5.74) is -4.57. The van der Waals surface area contributed by atoms with Crippen molar-refractivity contribution in [2.75, 3.05) is 0 Å². The lowest BCUT2D eigenvalue weighted by Gasteiger charge is -2.20. The number of hydrogen-bond acceptors (Lipinski definition) is 1.